The van der Waals surface area contributed by atoms with E-state index < -0.39 is 5.82 Å². The largest absolute Gasteiger partial charge is 0.491 e. The van der Waals surface area contributed by atoms with Gasteiger partial charge in [-0.3, -0.25) is 9.78 Å². The molecule has 32 heavy (non-hydrogen) atoms. The number of anilines is 2. The zero-order chi connectivity index (χ0) is 22.5. The summed E-state index contributed by atoms with van der Waals surface area (Å²) in [6, 6.07) is 5.83. The Morgan fingerprint density at radius 3 is 2.84 bits per heavy atom. The summed E-state index contributed by atoms with van der Waals surface area (Å²) < 4.78 is 25.0. The highest BCUT2D eigenvalue weighted by Gasteiger charge is 2.20. The van der Waals surface area contributed by atoms with Crippen LogP contribution in [0.4, 0.5) is 15.9 Å². The number of pyridine rings is 1. The maximum Gasteiger partial charge on any atom is 0.255 e. The van der Waals surface area contributed by atoms with Crippen LogP contribution < -0.4 is 15.4 Å². The van der Waals surface area contributed by atoms with Crippen molar-refractivity contribution < 1.29 is 18.7 Å². The van der Waals surface area contributed by atoms with Gasteiger partial charge in [0.2, 0.25) is 0 Å². The summed E-state index contributed by atoms with van der Waals surface area (Å²) in [6.45, 7) is 1.23. The fraction of sp³-hybridized carbons (Fsp3) is 0.273. The highest BCUT2D eigenvalue weighted by Crippen LogP contribution is 2.30. The molecule has 1 aliphatic heterocycles. The number of nitrogens with zero attached hydrogens (tertiary/aromatic N) is 3. The van der Waals surface area contributed by atoms with E-state index in [9.17, 15) is 9.18 Å². The molecule has 4 rings (SSSR count). The Hall–Kier alpha value is -3.30. The van der Waals surface area contributed by atoms with E-state index in [-0.39, 0.29) is 29.2 Å². The smallest absolute Gasteiger partial charge is 0.255 e. The molecule has 1 saturated heterocycles. The third-order valence-corrected chi connectivity index (χ3v) is 5.25. The molecule has 1 aromatic carbocycles. The maximum atomic E-state index is 14.3. The first-order chi connectivity index (χ1) is 15.5. The minimum absolute atomic E-state index is 0.0373. The van der Waals surface area contributed by atoms with Crippen LogP contribution in [-0.2, 0) is 4.74 Å². The number of hydrogen-bond acceptors (Lipinski definition) is 7. The highest BCUT2D eigenvalue weighted by atomic mass is 35.5. The summed E-state index contributed by atoms with van der Waals surface area (Å²) >= 11 is 6.01. The molecule has 1 fully saturated rings. The molecule has 0 radical (unpaired) electrons. The van der Waals surface area contributed by atoms with E-state index >= 15 is 0 Å². The molecule has 2 aromatic heterocycles. The molecular weight excluding hydrogens is 437 g/mol. The predicted molar refractivity (Wildman–Crippen MR) is 118 cm³/mol. The van der Waals surface area contributed by atoms with Crippen molar-refractivity contribution in [3.05, 3.63) is 59.3 Å². The van der Waals surface area contributed by atoms with Crippen LogP contribution in [0.5, 0.6) is 5.75 Å². The number of ether oxygens (including phenoxy) is 2. The van der Waals surface area contributed by atoms with Gasteiger partial charge in [0.25, 0.3) is 5.91 Å². The van der Waals surface area contributed by atoms with Gasteiger partial charge in [-0.25, -0.2) is 14.4 Å². The molecule has 166 valence electrons. The molecule has 10 heteroatoms. The van der Waals surface area contributed by atoms with Crippen molar-refractivity contribution in [1.82, 2.24) is 20.3 Å². The fourth-order valence-corrected chi connectivity index (χ4v) is 3.50. The van der Waals surface area contributed by atoms with Crippen molar-refractivity contribution >= 4 is 29.0 Å². The van der Waals surface area contributed by atoms with Gasteiger partial charge >= 0.3 is 0 Å². The molecule has 0 aliphatic carbocycles. The number of amides is 1. The van der Waals surface area contributed by atoms with Gasteiger partial charge in [0.05, 0.1) is 30.1 Å². The number of rotatable bonds is 6. The topological polar surface area (TPSA) is 98.3 Å². The summed E-state index contributed by atoms with van der Waals surface area (Å²) in [6.07, 6.45) is 5.96. The monoisotopic (exact) mass is 457 g/mol. The van der Waals surface area contributed by atoms with Crippen LogP contribution in [0, 0.1) is 5.82 Å². The van der Waals surface area contributed by atoms with Gasteiger partial charge < -0.3 is 20.1 Å². The second-order valence-corrected chi connectivity index (χ2v) is 7.58. The Balaban J connectivity index is 1.64. The first-order valence-electron chi connectivity index (χ1n) is 10.0. The Labute approximate surface area is 189 Å². The van der Waals surface area contributed by atoms with Crippen molar-refractivity contribution in [3.63, 3.8) is 0 Å². The Morgan fingerprint density at radius 2 is 2.06 bits per heavy atom. The van der Waals surface area contributed by atoms with Gasteiger partial charge in [-0.1, -0.05) is 11.6 Å². The van der Waals surface area contributed by atoms with E-state index in [1.54, 1.807) is 12.3 Å². The van der Waals surface area contributed by atoms with E-state index in [2.05, 4.69) is 25.6 Å². The molecule has 0 saturated carbocycles. The molecular formula is C22H21ClFN5O3. The second kappa shape index (κ2) is 9.88. The van der Waals surface area contributed by atoms with Crippen molar-refractivity contribution in [2.24, 2.45) is 0 Å². The van der Waals surface area contributed by atoms with Crippen molar-refractivity contribution in [3.8, 4) is 17.1 Å². The number of nitrogens with one attached hydrogen (secondary N) is 2. The zero-order valence-corrected chi connectivity index (χ0v) is 18.0. The van der Waals surface area contributed by atoms with E-state index in [1.165, 1.54) is 37.7 Å². The molecule has 3 aromatic rings. The summed E-state index contributed by atoms with van der Waals surface area (Å²) in [5, 5.41) is 6.47. The van der Waals surface area contributed by atoms with Gasteiger partial charge in [-0.15, -0.1) is 0 Å². The predicted octanol–water partition coefficient (Wildman–Crippen LogP) is 3.99. The lowest BCUT2D eigenvalue weighted by Gasteiger charge is -2.23. The van der Waals surface area contributed by atoms with E-state index in [1.807, 2.05) is 0 Å². The first kappa shape index (κ1) is 21.9. The standard InChI is InChI=1S/C22H21ClFN5O3/c1-31-19-12-26-20(15-10-13(23)2-3-17(15)24)29-21(19)28-18-4-7-25-11-16(18)22(30)27-14-5-8-32-9-6-14/h2-4,7,10-12,14H,5-6,8-9H2,1H3,(H,27,30)(H,25,26,28,29). The van der Waals surface area contributed by atoms with E-state index in [4.69, 9.17) is 21.1 Å². The molecule has 3 heterocycles. The lowest BCUT2D eigenvalue weighted by molar-refractivity contribution is 0.0696. The Bertz CT molecular complexity index is 1120. The lowest BCUT2D eigenvalue weighted by atomic mass is 10.1. The number of hydrogen-bond donors (Lipinski definition) is 2. The van der Waals surface area contributed by atoms with Crippen LogP contribution in [0.3, 0.4) is 0 Å². The average molecular weight is 458 g/mol. The third kappa shape index (κ3) is 4.95. The second-order valence-electron chi connectivity index (χ2n) is 7.14. The zero-order valence-electron chi connectivity index (χ0n) is 17.3. The SMILES string of the molecule is COc1cnc(-c2cc(Cl)ccc2F)nc1Nc1ccncc1C(=O)NC1CCOCC1. The van der Waals surface area contributed by atoms with Gasteiger partial charge in [-0.05, 0) is 37.1 Å². The number of aromatic nitrogens is 3. The third-order valence-electron chi connectivity index (χ3n) is 5.02. The van der Waals surface area contributed by atoms with Gasteiger partial charge in [-0.2, -0.15) is 0 Å². The first-order valence-corrected chi connectivity index (χ1v) is 10.4. The molecule has 0 bridgehead atoms. The number of benzene rings is 1. The van der Waals surface area contributed by atoms with Crippen LogP contribution in [0.2, 0.25) is 5.02 Å². The lowest BCUT2D eigenvalue weighted by Crippen LogP contribution is -2.39. The van der Waals surface area contributed by atoms with Crippen molar-refractivity contribution in [1.29, 1.82) is 0 Å². The van der Waals surface area contributed by atoms with Crippen LogP contribution in [-0.4, -0.2) is 47.2 Å². The van der Waals surface area contributed by atoms with E-state index in [0.717, 1.165) is 12.8 Å². The number of methoxy groups -OCH3 is 1. The molecule has 1 aliphatic rings. The van der Waals surface area contributed by atoms with Crippen LogP contribution in [0.1, 0.15) is 23.2 Å². The maximum absolute atomic E-state index is 14.3. The minimum Gasteiger partial charge on any atom is -0.491 e. The number of halogens is 2. The highest BCUT2D eigenvalue weighted by molar-refractivity contribution is 6.30. The molecule has 0 spiro atoms. The molecule has 0 atom stereocenters. The Kier molecular flexibility index (Phi) is 6.77. The van der Waals surface area contributed by atoms with Crippen LogP contribution in [0.15, 0.2) is 42.9 Å². The Morgan fingerprint density at radius 1 is 1.25 bits per heavy atom. The summed E-state index contributed by atoms with van der Waals surface area (Å²) in [5.74, 6) is -0.0601. The number of carbonyl (C=O) groups is 1. The minimum atomic E-state index is -0.508. The normalized spacial score (nSPS) is 14.1. The van der Waals surface area contributed by atoms with Crippen LogP contribution in [0.25, 0.3) is 11.4 Å². The van der Waals surface area contributed by atoms with Crippen molar-refractivity contribution in [2.45, 2.75) is 18.9 Å². The van der Waals surface area contributed by atoms with Crippen molar-refractivity contribution in [2.75, 3.05) is 25.6 Å². The summed E-state index contributed by atoms with van der Waals surface area (Å²) in [4.78, 5) is 25.6. The molecule has 1 amide bonds. The average Bonchev–Trinajstić information content (AvgIpc) is 2.81. The van der Waals surface area contributed by atoms with E-state index in [0.29, 0.717) is 35.2 Å². The van der Waals surface area contributed by atoms with Gasteiger partial charge in [0.15, 0.2) is 17.4 Å². The quantitative estimate of drug-likeness (QED) is 0.577. The molecule has 8 nitrogen and oxygen atoms in total. The van der Waals surface area contributed by atoms with Gasteiger partial charge in [0, 0.05) is 36.7 Å². The van der Waals surface area contributed by atoms with Crippen LogP contribution >= 0.6 is 11.6 Å². The van der Waals surface area contributed by atoms with Gasteiger partial charge in [0.1, 0.15) is 5.82 Å². The fourth-order valence-electron chi connectivity index (χ4n) is 3.33. The summed E-state index contributed by atoms with van der Waals surface area (Å²) in [5.41, 5.74) is 0.963. The summed E-state index contributed by atoms with van der Waals surface area (Å²) in [7, 11) is 1.47. The number of carbonyl (C=O) groups excluding carboxylic acids is 1. The molecule has 0 unspecified atom stereocenters. The molecule has 2 N–H and O–H groups in total.